The number of hydrogen-bond donors (Lipinski definition) is 2. The van der Waals surface area contributed by atoms with E-state index in [1.807, 2.05) is 13.8 Å². The fraction of sp³-hybridized carbons (Fsp3) is 0.417. The third kappa shape index (κ3) is 2.71. The van der Waals surface area contributed by atoms with Gasteiger partial charge in [0.25, 0.3) is 5.69 Å². The maximum absolute atomic E-state index is 11.2. The predicted molar refractivity (Wildman–Crippen MR) is 72.1 cm³/mol. The van der Waals surface area contributed by atoms with E-state index in [0.29, 0.717) is 0 Å². The van der Waals surface area contributed by atoms with Gasteiger partial charge in [-0.2, -0.15) is 0 Å². The van der Waals surface area contributed by atoms with Crippen LogP contribution in [0.1, 0.15) is 24.8 Å². The topological polar surface area (TPSA) is 92.5 Å². The van der Waals surface area contributed by atoms with Gasteiger partial charge in [0.05, 0.1) is 10.3 Å². The molecule has 0 bridgehead atoms. The average Bonchev–Trinajstić information content (AvgIpc) is 2.65. The normalized spacial score (nSPS) is 25.2. The molecule has 102 valence electrons. The van der Waals surface area contributed by atoms with Crippen LogP contribution in [-0.2, 0) is 4.79 Å². The van der Waals surface area contributed by atoms with E-state index in [2.05, 4.69) is 5.32 Å². The molecule has 1 saturated heterocycles. The lowest BCUT2D eigenvalue weighted by atomic mass is 10.0. The van der Waals surface area contributed by atoms with Crippen molar-refractivity contribution in [3.05, 3.63) is 39.9 Å². The fourth-order valence-electron chi connectivity index (χ4n) is 2.09. The van der Waals surface area contributed by atoms with Crippen molar-refractivity contribution >= 4 is 23.4 Å². The number of rotatable bonds is 3. The first-order valence-corrected chi connectivity index (χ1v) is 6.60. The smallest absolute Gasteiger partial charge is 0.322 e. The van der Waals surface area contributed by atoms with E-state index in [0.717, 1.165) is 5.56 Å². The molecule has 1 aromatic carbocycles. The molecule has 0 radical (unpaired) electrons. The number of carboxylic acids is 1. The minimum absolute atomic E-state index is 0.0106. The first-order valence-electron chi connectivity index (χ1n) is 5.72. The summed E-state index contributed by atoms with van der Waals surface area (Å²) in [5, 5.41) is 22.7. The summed E-state index contributed by atoms with van der Waals surface area (Å²) in [5.41, 5.74) is 0.729. The molecule has 1 aliphatic heterocycles. The summed E-state index contributed by atoms with van der Waals surface area (Å²) >= 11 is 1.46. The van der Waals surface area contributed by atoms with Crippen LogP contribution >= 0.6 is 11.8 Å². The minimum Gasteiger partial charge on any atom is -0.480 e. The number of aliphatic carboxylic acids is 1. The molecule has 0 saturated carbocycles. The number of thioether (sulfide) groups is 1. The molecule has 1 heterocycles. The summed E-state index contributed by atoms with van der Waals surface area (Å²) in [6, 6.07) is 5.59. The van der Waals surface area contributed by atoms with Crippen LogP contribution in [0.3, 0.4) is 0 Å². The SMILES string of the molecule is CC1(C)SC(c2cccc([N+](=O)[O-])c2)N[C@H]1C(=O)O. The Bertz CT molecular complexity index is 532. The molecule has 2 N–H and O–H groups in total. The van der Waals surface area contributed by atoms with Crippen LogP contribution in [0, 0.1) is 10.1 Å². The quantitative estimate of drug-likeness (QED) is 0.652. The van der Waals surface area contributed by atoms with Gasteiger partial charge in [-0.15, -0.1) is 11.8 Å². The van der Waals surface area contributed by atoms with Crippen LogP contribution in [0.25, 0.3) is 0 Å². The number of nitrogens with zero attached hydrogens (tertiary/aromatic N) is 1. The summed E-state index contributed by atoms with van der Waals surface area (Å²) in [5.74, 6) is -0.912. The summed E-state index contributed by atoms with van der Waals surface area (Å²) in [4.78, 5) is 21.5. The maximum Gasteiger partial charge on any atom is 0.322 e. The van der Waals surface area contributed by atoms with Gasteiger partial charge in [-0.25, -0.2) is 0 Å². The lowest BCUT2D eigenvalue weighted by Gasteiger charge is -2.20. The maximum atomic E-state index is 11.2. The molecule has 1 fully saturated rings. The van der Waals surface area contributed by atoms with Gasteiger partial charge < -0.3 is 5.11 Å². The molecule has 0 aliphatic carbocycles. The number of benzene rings is 1. The Morgan fingerprint density at radius 1 is 1.53 bits per heavy atom. The molecule has 2 rings (SSSR count). The van der Waals surface area contributed by atoms with E-state index in [1.165, 1.54) is 23.9 Å². The fourth-order valence-corrected chi connectivity index (χ4v) is 3.49. The van der Waals surface area contributed by atoms with Crippen molar-refractivity contribution < 1.29 is 14.8 Å². The summed E-state index contributed by atoms with van der Waals surface area (Å²) in [6.45, 7) is 3.70. The third-order valence-corrected chi connectivity index (χ3v) is 4.55. The van der Waals surface area contributed by atoms with Crippen molar-refractivity contribution in [1.29, 1.82) is 0 Å². The summed E-state index contributed by atoms with van der Waals surface area (Å²) in [7, 11) is 0. The highest BCUT2D eigenvalue weighted by atomic mass is 32.2. The number of nitro benzene ring substituents is 1. The highest BCUT2D eigenvalue weighted by molar-refractivity contribution is 8.01. The Hall–Kier alpha value is -1.60. The van der Waals surface area contributed by atoms with E-state index in [4.69, 9.17) is 0 Å². The minimum atomic E-state index is -0.912. The Morgan fingerprint density at radius 2 is 2.21 bits per heavy atom. The van der Waals surface area contributed by atoms with Gasteiger partial charge in [0, 0.05) is 16.9 Å². The zero-order valence-corrected chi connectivity index (χ0v) is 11.3. The first-order chi connectivity index (χ1) is 8.81. The van der Waals surface area contributed by atoms with Crippen LogP contribution < -0.4 is 5.32 Å². The van der Waals surface area contributed by atoms with E-state index < -0.39 is 21.7 Å². The standard InChI is InChI=1S/C12H14N2O4S/c1-12(2)9(11(15)16)13-10(19-12)7-4-3-5-8(6-7)14(17)18/h3-6,9-10,13H,1-2H3,(H,15,16)/t9-,10?/m0/s1. The Kier molecular flexibility index (Phi) is 3.51. The molecule has 0 aromatic heterocycles. The molecule has 1 aromatic rings. The van der Waals surface area contributed by atoms with Crippen molar-refractivity contribution in [2.45, 2.75) is 30.0 Å². The average molecular weight is 282 g/mol. The molecule has 1 unspecified atom stereocenters. The van der Waals surface area contributed by atoms with Crippen molar-refractivity contribution in [1.82, 2.24) is 5.32 Å². The van der Waals surface area contributed by atoms with Crippen molar-refractivity contribution in [2.75, 3.05) is 0 Å². The summed E-state index contributed by atoms with van der Waals surface area (Å²) < 4.78 is -0.471. The Labute approximate surface area is 114 Å². The third-order valence-electron chi connectivity index (χ3n) is 3.07. The highest BCUT2D eigenvalue weighted by Gasteiger charge is 2.45. The second-order valence-corrected chi connectivity index (χ2v) is 6.65. The number of non-ortho nitro benzene ring substituents is 1. The molecule has 1 aliphatic rings. The number of nitrogens with one attached hydrogen (secondary N) is 1. The van der Waals surface area contributed by atoms with Crippen LogP contribution in [0.2, 0.25) is 0 Å². The molecule has 7 heteroatoms. The van der Waals surface area contributed by atoms with Gasteiger partial charge in [-0.05, 0) is 19.4 Å². The molecule has 2 atom stereocenters. The van der Waals surface area contributed by atoms with Gasteiger partial charge in [0.2, 0.25) is 0 Å². The predicted octanol–water partition coefficient (Wildman–Crippen LogP) is 2.16. The Morgan fingerprint density at radius 3 is 2.74 bits per heavy atom. The van der Waals surface area contributed by atoms with Crippen LogP contribution in [0.5, 0.6) is 0 Å². The number of carboxylic acid groups (broad SMARTS) is 1. The van der Waals surface area contributed by atoms with Crippen LogP contribution in [0.15, 0.2) is 24.3 Å². The molecule has 19 heavy (non-hydrogen) atoms. The van der Waals surface area contributed by atoms with Crippen molar-refractivity contribution in [3.63, 3.8) is 0 Å². The van der Waals surface area contributed by atoms with Gasteiger partial charge >= 0.3 is 5.97 Å². The molecule has 0 spiro atoms. The Balaban J connectivity index is 2.27. The zero-order chi connectivity index (χ0) is 14.2. The van der Waals surface area contributed by atoms with Crippen molar-refractivity contribution in [3.8, 4) is 0 Å². The lowest BCUT2D eigenvalue weighted by Crippen LogP contribution is -2.43. The van der Waals surface area contributed by atoms with Crippen molar-refractivity contribution in [2.24, 2.45) is 0 Å². The van der Waals surface area contributed by atoms with Crippen LogP contribution in [-0.4, -0.2) is 26.8 Å². The zero-order valence-electron chi connectivity index (χ0n) is 10.5. The van der Waals surface area contributed by atoms with E-state index in [-0.39, 0.29) is 11.1 Å². The number of carbonyl (C=O) groups is 1. The monoisotopic (exact) mass is 282 g/mol. The van der Waals surface area contributed by atoms with Gasteiger partial charge in [-0.1, -0.05) is 12.1 Å². The van der Waals surface area contributed by atoms with E-state index in [9.17, 15) is 20.0 Å². The molecule has 0 amide bonds. The highest BCUT2D eigenvalue weighted by Crippen LogP contribution is 2.46. The number of nitro groups is 1. The first kappa shape index (κ1) is 13.8. The van der Waals surface area contributed by atoms with E-state index in [1.54, 1.807) is 12.1 Å². The van der Waals surface area contributed by atoms with Gasteiger partial charge in [0.15, 0.2) is 0 Å². The van der Waals surface area contributed by atoms with Gasteiger partial charge in [-0.3, -0.25) is 20.2 Å². The second kappa shape index (κ2) is 4.82. The molecular formula is C12H14N2O4S. The lowest BCUT2D eigenvalue weighted by molar-refractivity contribution is -0.384. The summed E-state index contributed by atoms with van der Waals surface area (Å²) in [6.07, 6.45) is 0. The largest absolute Gasteiger partial charge is 0.480 e. The molecular weight excluding hydrogens is 268 g/mol. The van der Waals surface area contributed by atoms with Gasteiger partial charge in [0.1, 0.15) is 6.04 Å². The van der Waals surface area contributed by atoms with E-state index >= 15 is 0 Å². The second-order valence-electron chi connectivity index (χ2n) is 4.89. The van der Waals surface area contributed by atoms with Crippen LogP contribution in [0.4, 0.5) is 5.69 Å². The molecule has 6 nitrogen and oxygen atoms in total. The number of hydrogen-bond acceptors (Lipinski definition) is 5.